The molecule has 2 aromatic carbocycles. The van der Waals surface area contributed by atoms with Crippen molar-refractivity contribution in [2.75, 3.05) is 11.4 Å². The van der Waals surface area contributed by atoms with E-state index in [9.17, 15) is 8.78 Å². The summed E-state index contributed by atoms with van der Waals surface area (Å²) < 4.78 is 27.0. The van der Waals surface area contributed by atoms with Crippen LogP contribution in [0.1, 0.15) is 11.7 Å². The van der Waals surface area contributed by atoms with E-state index in [-0.39, 0.29) is 17.8 Å². The third-order valence-electron chi connectivity index (χ3n) is 3.67. The number of benzene rings is 2. The lowest BCUT2D eigenvalue weighted by Crippen LogP contribution is -2.28. The van der Waals surface area contributed by atoms with Gasteiger partial charge in [0.25, 0.3) is 0 Å². The van der Waals surface area contributed by atoms with Gasteiger partial charge < -0.3 is 4.90 Å². The van der Waals surface area contributed by atoms with E-state index in [2.05, 4.69) is 9.89 Å². The Labute approximate surface area is 109 Å². The molecule has 0 spiro atoms. The third-order valence-corrected chi connectivity index (χ3v) is 3.67. The van der Waals surface area contributed by atoms with Gasteiger partial charge in [-0.1, -0.05) is 6.07 Å². The summed E-state index contributed by atoms with van der Waals surface area (Å²) in [6.45, 7) is 0.695. The second-order valence-electron chi connectivity index (χ2n) is 4.75. The Morgan fingerprint density at radius 1 is 1.00 bits per heavy atom. The molecular weight excluding hydrogens is 246 g/mol. The molecule has 2 aromatic rings. The normalized spacial score (nSPS) is 19.1. The first-order chi connectivity index (χ1) is 9.24. The highest BCUT2D eigenvalue weighted by Crippen LogP contribution is 2.46. The molecule has 0 aliphatic carbocycles. The van der Waals surface area contributed by atoms with Crippen molar-refractivity contribution < 1.29 is 8.78 Å². The van der Waals surface area contributed by atoms with Crippen molar-refractivity contribution in [3.8, 4) is 11.1 Å². The van der Waals surface area contributed by atoms with Crippen molar-refractivity contribution in [2.45, 2.75) is 6.17 Å². The number of nitrogens with zero attached hydrogens (tertiary/aromatic N) is 2. The molecule has 4 heteroatoms. The van der Waals surface area contributed by atoms with Gasteiger partial charge in [0.15, 0.2) is 0 Å². The van der Waals surface area contributed by atoms with Gasteiger partial charge >= 0.3 is 0 Å². The van der Waals surface area contributed by atoms with Gasteiger partial charge in [0.2, 0.25) is 0 Å². The van der Waals surface area contributed by atoms with E-state index in [1.54, 1.807) is 12.1 Å². The first-order valence-electron chi connectivity index (χ1n) is 6.12. The van der Waals surface area contributed by atoms with Crippen LogP contribution < -0.4 is 4.90 Å². The predicted octanol–water partition coefficient (Wildman–Crippen LogP) is 3.53. The number of hydrogen-bond donors (Lipinski definition) is 0. The maximum atomic E-state index is 13.5. The van der Waals surface area contributed by atoms with E-state index in [0.29, 0.717) is 6.54 Å². The maximum absolute atomic E-state index is 13.5. The first-order valence-corrected chi connectivity index (χ1v) is 6.12. The molecule has 4 rings (SSSR count). The van der Waals surface area contributed by atoms with Gasteiger partial charge in [-0.15, -0.1) is 0 Å². The van der Waals surface area contributed by atoms with Crippen molar-refractivity contribution in [1.82, 2.24) is 0 Å². The summed E-state index contributed by atoms with van der Waals surface area (Å²) in [7, 11) is 0. The highest BCUT2D eigenvalue weighted by atomic mass is 19.1. The Morgan fingerprint density at radius 3 is 2.58 bits per heavy atom. The van der Waals surface area contributed by atoms with E-state index < -0.39 is 0 Å². The zero-order valence-electron chi connectivity index (χ0n) is 9.98. The first kappa shape index (κ1) is 10.7. The van der Waals surface area contributed by atoms with Crippen LogP contribution in [0.4, 0.5) is 14.5 Å². The van der Waals surface area contributed by atoms with Crippen LogP contribution >= 0.6 is 0 Å². The van der Waals surface area contributed by atoms with Crippen LogP contribution in [0.2, 0.25) is 0 Å². The lowest BCUT2D eigenvalue weighted by atomic mass is 9.91. The fraction of sp³-hybridized carbons (Fsp3) is 0.133. The lowest BCUT2D eigenvalue weighted by Gasteiger charge is -2.34. The number of hydrogen-bond acceptors (Lipinski definition) is 2. The fourth-order valence-electron chi connectivity index (χ4n) is 2.85. The molecule has 0 aromatic heterocycles. The van der Waals surface area contributed by atoms with Crippen LogP contribution in [0, 0.1) is 11.6 Å². The molecule has 0 saturated heterocycles. The second-order valence-corrected chi connectivity index (χ2v) is 4.75. The van der Waals surface area contributed by atoms with Crippen molar-refractivity contribution in [1.29, 1.82) is 0 Å². The van der Waals surface area contributed by atoms with Crippen molar-refractivity contribution in [2.24, 2.45) is 4.99 Å². The molecule has 0 amide bonds. The van der Waals surface area contributed by atoms with Crippen molar-refractivity contribution in [3.05, 3.63) is 53.6 Å². The van der Waals surface area contributed by atoms with Crippen LogP contribution in [0.25, 0.3) is 11.1 Å². The zero-order valence-corrected chi connectivity index (χ0v) is 9.98. The smallest absolute Gasteiger partial charge is 0.147 e. The molecule has 0 radical (unpaired) electrons. The summed E-state index contributed by atoms with van der Waals surface area (Å²) in [5.41, 5.74) is 3.29. The number of anilines is 1. The molecule has 94 valence electrons. The SMILES string of the molecule is Fc1ccc2c(c1)-c1cc(F)ccc1N1CC=NC21. The van der Waals surface area contributed by atoms with Crippen LogP contribution in [0.3, 0.4) is 0 Å². The highest BCUT2D eigenvalue weighted by Gasteiger charge is 2.32. The number of rotatable bonds is 0. The fourth-order valence-corrected chi connectivity index (χ4v) is 2.85. The third kappa shape index (κ3) is 1.43. The molecule has 19 heavy (non-hydrogen) atoms. The van der Waals surface area contributed by atoms with Crippen molar-refractivity contribution >= 4 is 11.9 Å². The molecule has 0 N–H and O–H groups in total. The predicted molar refractivity (Wildman–Crippen MR) is 70.4 cm³/mol. The summed E-state index contributed by atoms with van der Waals surface area (Å²) >= 11 is 0. The summed E-state index contributed by atoms with van der Waals surface area (Å²) in [5, 5.41) is 0. The number of halogens is 2. The Kier molecular flexibility index (Phi) is 2.04. The lowest BCUT2D eigenvalue weighted by molar-refractivity contribution is 0.620. The van der Waals surface area contributed by atoms with Gasteiger partial charge in [0, 0.05) is 23.0 Å². The molecular formula is C15H10F2N2. The number of aliphatic imine (C=N–C) groups is 1. The van der Waals surface area contributed by atoms with Gasteiger partial charge in [-0.3, -0.25) is 4.99 Å². The standard InChI is InChI=1S/C15H10F2N2/c16-9-1-3-11-12(7-9)13-8-10(17)2-4-14(13)19-6-5-18-15(11)19/h1-5,7-8,15H,6H2. The topological polar surface area (TPSA) is 15.6 Å². The molecule has 2 heterocycles. The highest BCUT2D eigenvalue weighted by molar-refractivity contribution is 5.88. The summed E-state index contributed by atoms with van der Waals surface area (Å²) in [4.78, 5) is 6.53. The molecule has 0 saturated carbocycles. The molecule has 2 aliphatic heterocycles. The van der Waals surface area contributed by atoms with Gasteiger partial charge in [0.05, 0.1) is 6.54 Å². The van der Waals surface area contributed by atoms with E-state index in [4.69, 9.17) is 0 Å². The minimum absolute atomic E-state index is 0.117. The van der Waals surface area contributed by atoms with Crippen LogP contribution in [0.15, 0.2) is 41.4 Å². The van der Waals surface area contributed by atoms with Gasteiger partial charge in [-0.25, -0.2) is 8.78 Å². The second kappa shape index (κ2) is 3.63. The van der Waals surface area contributed by atoms with Crippen LogP contribution in [-0.4, -0.2) is 12.8 Å². The maximum Gasteiger partial charge on any atom is 0.147 e. The molecule has 0 fully saturated rings. The average molecular weight is 256 g/mol. The van der Waals surface area contributed by atoms with Gasteiger partial charge in [-0.2, -0.15) is 0 Å². The average Bonchev–Trinajstić information content (AvgIpc) is 2.88. The zero-order chi connectivity index (χ0) is 13.0. The van der Waals surface area contributed by atoms with Crippen LogP contribution in [0.5, 0.6) is 0 Å². The monoisotopic (exact) mass is 256 g/mol. The largest absolute Gasteiger partial charge is 0.340 e. The van der Waals surface area contributed by atoms with Crippen molar-refractivity contribution in [3.63, 3.8) is 0 Å². The van der Waals surface area contributed by atoms with E-state index in [1.807, 2.05) is 6.21 Å². The van der Waals surface area contributed by atoms with Crippen LogP contribution in [-0.2, 0) is 0 Å². The quantitative estimate of drug-likeness (QED) is 0.704. The summed E-state index contributed by atoms with van der Waals surface area (Å²) in [5.74, 6) is -0.628. The Bertz CT molecular complexity index is 709. The van der Waals surface area contributed by atoms with Gasteiger partial charge in [-0.05, 0) is 35.9 Å². The molecule has 2 aliphatic rings. The Hall–Kier alpha value is -2.23. The molecule has 0 bridgehead atoms. The Balaban J connectivity index is 2.05. The minimum atomic E-state index is -0.315. The molecule has 1 unspecified atom stereocenters. The van der Waals surface area contributed by atoms with E-state index >= 15 is 0 Å². The summed E-state index contributed by atoms with van der Waals surface area (Å²) in [6, 6.07) is 9.24. The molecule has 1 atom stereocenters. The van der Waals surface area contributed by atoms with Gasteiger partial charge in [0.1, 0.15) is 17.8 Å². The minimum Gasteiger partial charge on any atom is -0.340 e. The summed E-state index contributed by atoms with van der Waals surface area (Å²) in [6.07, 6.45) is 1.73. The van der Waals surface area contributed by atoms with E-state index in [0.717, 1.165) is 22.4 Å². The number of fused-ring (bicyclic) bond motifs is 6. The van der Waals surface area contributed by atoms with E-state index in [1.165, 1.54) is 24.3 Å². The Morgan fingerprint density at radius 2 is 1.74 bits per heavy atom. The molecule has 2 nitrogen and oxygen atoms in total.